The summed E-state index contributed by atoms with van der Waals surface area (Å²) in [4.78, 5) is 1.42. The van der Waals surface area contributed by atoms with Crippen molar-refractivity contribution in [1.29, 1.82) is 0 Å². The van der Waals surface area contributed by atoms with Crippen molar-refractivity contribution >= 4 is 0 Å². The Morgan fingerprint density at radius 1 is 1.30 bits per heavy atom. The molecule has 0 amide bonds. The number of tetrazole rings is 1. The normalized spacial score (nSPS) is 12.4. The molecule has 1 heterocycles. The highest BCUT2D eigenvalue weighted by atomic mass is 16.5. The van der Waals surface area contributed by atoms with Crippen LogP contribution < -0.4 is 10.5 Å². The van der Waals surface area contributed by atoms with Gasteiger partial charge in [0.25, 0.3) is 0 Å². The quantitative estimate of drug-likeness (QED) is 0.889. The summed E-state index contributed by atoms with van der Waals surface area (Å²) in [6.07, 6.45) is 0.869. The first-order valence-electron chi connectivity index (χ1n) is 6.67. The Kier molecular flexibility index (Phi) is 4.34. The van der Waals surface area contributed by atoms with Gasteiger partial charge in [-0.1, -0.05) is 12.1 Å². The molecule has 108 valence electrons. The molecule has 2 aromatic rings. The van der Waals surface area contributed by atoms with Crippen molar-refractivity contribution < 1.29 is 4.74 Å². The van der Waals surface area contributed by atoms with E-state index in [1.54, 1.807) is 7.05 Å². The zero-order chi connectivity index (χ0) is 14.7. The van der Waals surface area contributed by atoms with Gasteiger partial charge >= 0.3 is 0 Å². The van der Waals surface area contributed by atoms with Crippen LogP contribution in [-0.2, 0) is 20.1 Å². The predicted octanol–water partition coefficient (Wildman–Crippen LogP) is 1.30. The summed E-state index contributed by atoms with van der Waals surface area (Å²) in [6, 6.07) is 4.40. The molecule has 1 atom stereocenters. The van der Waals surface area contributed by atoms with Crippen LogP contribution >= 0.6 is 0 Å². The molecule has 0 saturated carbocycles. The highest BCUT2D eigenvalue weighted by Gasteiger charge is 2.09. The molecule has 2 N–H and O–H groups in total. The Morgan fingerprint density at radius 3 is 2.45 bits per heavy atom. The minimum absolute atomic E-state index is 0.157. The maximum Gasteiger partial charge on any atom is 0.212 e. The van der Waals surface area contributed by atoms with Crippen molar-refractivity contribution in [1.82, 2.24) is 20.2 Å². The molecule has 0 aliphatic rings. The summed E-state index contributed by atoms with van der Waals surface area (Å²) in [5.41, 5.74) is 9.28. The molecule has 0 aliphatic carbocycles. The van der Waals surface area contributed by atoms with Gasteiger partial charge in [-0.2, -0.15) is 4.80 Å². The number of nitrogens with two attached hydrogens (primary N) is 1. The standard InChI is InChI=1S/C14H21N5O/c1-9-5-12(7-11(3)15)6-10(2)14(9)20-8-13-16-18-19(4)17-13/h5-6,11H,7-8,15H2,1-4H3. The van der Waals surface area contributed by atoms with E-state index in [4.69, 9.17) is 10.5 Å². The topological polar surface area (TPSA) is 78.9 Å². The van der Waals surface area contributed by atoms with Crippen molar-refractivity contribution in [3.63, 3.8) is 0 Å². The van der Waals surface area contributed by atoms with Crippen molar-refractivity contribution in [2.75, 3.05) is 0 Å². The number of ether oxygens (including phenoxy) is 1. The second-order valence-electron chi connectivity index (χ2n) is 5.22. The van der Waals surface area contributed by atoms with E-state index < -0.39 is 0 Å². The zero-order valence-electron chi connectivity index (χ0n) is 12.4. The van der Waals surface area contributed by atoms with Crippen LogP contribution in [0.5, 0.6) is 5.75 Å². The van der Waals surface area contributed by atoms with Crippen LogP contribution in [-0.4, -0.2) is 26.2 Å². The van der Waals surface area contributed by atoms with Crippen LogP contribution in [0.15, 0.2) is 12.1 Å². The predicted molar refractivity (Wildman–Crippen MR) is 76.4 cm³/mol. The van der Waals surface area contributed by atoms with E-state index in [-0.39, 0.29) is 6.04 Å². The number of rotatable bonds is 5. The summed E-state index contributed by atoms with van der Waals surface area (Å²) in [7, 11) is 1.73. The number of benzene rings is 1. The molecule has 0 fully saturated rings. The van der Waals surface area contributed by atoms with E-state index in [9.17, 15) is 0 Å². The van der Waals surface area contributed by atoms with Crippen LogP contribution in [0, 0.1) is 13.8 Å². The molecule has 0 spiro atoms. The van der Waals surface area contributed by atoms with Crippen molar-refractivity contribution in [3.8, 4) is 5.75 Å². The average molecular weight is 275 g/mol. The molecule has 1 aromatic heterocycles. The van der Waals surface area contributed by atoms with Gasteiger partial charge in [-0.15, -0.1) is 10.2 Å². The van der Waals surface area contributed by atoms with Crippen molar-refractivity contribution in [2.24, 2.45) is 12.8 Å². The number of nitrogens with zero attached hydrogens (tertiary/aromatic N) is 4. The molecule has 20 heavy (non-hydrogen) atoms. The van der Waals surface area contributed by atoms with Gasteiger partial charge in [0.05, 0.1) is 7.05 Å². The van der Waals surface area contributed by atoms with Gasteiger partial charge < -0.3 is 10.5 Å². The molecule has 0 bridgehead atoms. The zero-order valence-corrected chi connectivity index (χ0v) is 12.4. The van der Waals surface area contributed by atoms with Crippen LogP contribution in [0.25, 0.3) is 0 Å². The first-order valence-corrected chi connectivity index (χ1v) is 6.67. The lowest BCUT2D eigenvalue weighted by Gasteiger charge is -2.14. The molecule has 6 nitrogen and oxygen atoms in total. The Morgan fingerprint density at radius 2 is 1.95 bits per heavy atom. The van der Waals surface area contributed by atoms with Crippen molar-refractivity contribution in [3.05, 3.63) is 34.6 Å². The molecule has 1 aromatic carbocycles. The van der Waals surface area contributed by atoms with Crippen LogP contribution in [0.3, 0.4) is 0 Å². The third-order valence-electron chi connectivity index (χ3n) is 2.97. The Labute approximate surface area is 118 Å². The van der Waals surface area contributed by atoms with Crippen LogP contribution in [0.1, 0.15) is 29.4 Å². The molecule has 0 saturated heterocycles. The third-order valence-corrected chi connectivity index (χ3v) is 2.97. The van der Waals surface area contributed by atoms with E-state index in [1.807, 2.05) is 20.8 Å². The third kappa shape index (κ3) is 3.54. The first kappa shape index (κ1) is 14.5. The van der Waals surface area contributed by atoms with E-state index in [0.717, 1.165) is 23.3 Å². The number of aryl methyl sites for hydroxylation is 3. The lowest BCUT2D eigenvalue weighted by molar-refractivity contribution is 0.291. The van der Waals surface area contributed by atoms with Gasteiger partial charge in [0.15, 0.2) is 6.61 Å². The molecule has 6 heteroatoms. The smallest absolute Gasteiger partial charge is 0.212 e. The molecule has 2 rings (SSSR count). The summed E-state index contributed by atoms with van der Waals surface area (Å²) < 4.78 is 5.82. The highest BCUT2D eigenvalue weighted by Crippen LogP contribution is 2.26. The van der Waals surface area contributed by atoms with Crippen LogP contribution in [0.2, 0.25) is 0 Å². The fourth-order valence-electron chi connectivity index (χ4n) is 2.28. The maximum absolute atomic E-state index is 5.84. The lowest BCUT2D eigenvalue weighted by atomic mass is 10.0. The monoisotopic (exact) mass is 275 g/mol. The van der Waals surface area contributed by atoms with E-state index >= 15 is 0 Å². The molecule has 1 unspecified atom stereocenters. The molecular weight excluding hydrogens is 254 g/mol. The summed E-state index contributed by atoms with van der Waals surface area (Å²) in [5, 5.41) is 11.8. The Bertz CT molecular complexity index is 568. The van der Waals surface area contributed by atoms with Gasteiger partial charge in [-0.05, 0) is 49.1 Å². The Balaban J connectivity index is 2.11. The molecule has 0 aliphatic heterocycles. The second kappa shape index (κ2) is 6.00. The van der Waals surface area contributed by atoms with E-state index in [1.165, 1.54) is 10.4 Å². The number of hydrogen-bond donors (Lipinski definition) is 1. The summed E-state index contributed by atoms with van der Waals surface area (Å²) in [5.74, 6) is 1.46. The van der Waals surface area contributed by atoms with Gasteiger partial charge in [0, 0.05) is 6.04 Å². The van der Waals surface area contributed by atoms with E-state index in [2.05, 4.69) is 27.5 Å². The minimum Gasteiger partial charge on any atom is -0.485 e. The lowest BCUT2D eigenvalue weighted by Crippen LogP contribution is -2.18. The number of aromatic nitrogens is 4. The number of hydrogen-bond acceptors (Lipinski definition) is 5. The Hall–Kier alpha value is -1.95. The van der Waals surface area contributed by atoms with Crippen molar-refractivity contribution in [2.45, 2.75) is 39.8 Å². The largest absolute Gasteiger partial charge is 0.485 e. The summed E-state index contributed by atoms with van der Waals surface area (Å²) in [6.45, 7) is 6.41. The average Bonchev–Trinajstić information content (AvgIpc) is 2.73. The SMILES string of the molecule is Cc1cc(CC(C)N)cc(C)c1OCc1nnn(C)n1. The minimum atomic E-state index is 0.157. The fourth-order valence-corrected chi connectivity index (χ4v) is 2.28. The van der Waals surface area contributed by atoms with Gasteiger partial charge in [0.2, 0.25) is 5.82 Å². The van der Waals surface area contributed by atoms with Crippen LogP contribution in [0.4, 0.5) is 0 Å². The summed E-state index contributed by atoms with van der Waals surface area (Å²) >= 11 is 0. The molecular formula is C14H21N5O. The fraction of sp³-hybridized carbons (Fsp3) is 0.500. The van der Waals surface area contributed by atoms with E-state index in [0.29, 0.717) is 12.4 Å². The second-order valence-corrected chi connectivity index (χ2v) is 5.22. The maximum atomic E-state index is 5.84. The first-order chi connectivity index (χ1) is 9.45. The van der Waals surface area contributed by atoms with Gasteiger partial charge in [-0.25, -0.2) is 0 Å². The molecule has 0 radical (unpaired) electrons. The van der Waals surface area contributed by atoms with Gasteiger partial charge in [0.1, 0.15) is 5.75 Å². The highest BCUT2D eigenvalue weighted by molar-refractivity contribution is 5.43. The van der Waals surface area contributed by atoms with Gasteiger partial charge in [-0.3, -0.25) is 0 Å².